The Morgan fingerprint density at radius 1 is 0.257 bits per heavy atom. The lowest BCUT2D eigenvalue weighted by Gasteiger charge is -2.11. The van der Waals surface area contributed by atoms with Crippen LogP contribution in [0.2, 0.25) is 0 Å². The van der Waals surface area contributed by atoms with Gasteiger partial charge in [0.05, 0.1) is 24.7 Å². The number of ether oxygens (including phenoxy) is 2. The smallest absolute Gasteiger partial charge is 0.152 e. The van der Waals surface area contributed by atoms with Crippen LogP contribution in [0.5, 0.6) is 0 Å². The third kappa shape index (κ3) is 105. The van der Waals surface area contributed by atoms with Gasteiger partial charge >= 0.3 is 0 Å². The van der Waals surface area contributed by atoms with Crippen LogP contribution >= 0.6 is 23.5 Å². The molecule has 70 heavy (non-hydrogen) atoms. The van der Waals surface area contributed by atoms with Crippen molar-refractivity contribution in [1.29, 1.82) is 0 Å². The summed E-state index contributed by atoms with van der Waals surface area (Å²) in [7, 11) is -2.65. The number of rotatable bonds is 0. The van der Waals surface area contributed by atoms with Crippen molar-refractivity contribution in [2.24, 2.45) is 0 Å². The number of sulfone groups is 1. The molecule has 15 heteroatoms. The molecular weight excluding hydrogens is 933 g/mol. The fourth-order valence-corrected chi connectivity index (χ4v) is 8.04. The molecule has 0 saturated carbocycles. The first-order valence-corrected chi connectivity index (χ1v) is 34.0. The Morgan fingerprint density at radius 3 is 0.643 bits per heavy atom. The molecule has 9 heterocycles. The summed E-state index contributed by atoms with van der Waals surface area (Å²) in [5, 5.41) is 25.4. The molecule has 0 radical (unpaired) electrons. The Morgan fingerprint density at radius 2 is 0.514 bits per heavy atom. The molecule has 438 valence electrons. The van der Waals surface area contributed by atoms with E-state index in [-0.39, 0.29) is 0 Å². The van der Waals surface area contributed by atoms with E-state index in [2.05, 4.69) is 54.3 Å². The molecule has 0 amide bonds. The molecule has 0 spiro atoms. The van der Waals surface area contributed by atoms with Crippen molar-refractivity contribution in [1.82, 2.24) is 42.5 Å². The molecule has 12 nitrogen and oxygen atoms in total. The maximum atomic E-state index is 10.6. The monoisotopic (exact) mass is 1070 g/mol. The highest BCUT2D eigenvalue weighted by Crippen LogP contribution is 2.14. The molecule has 9 saturated heterocycles. The molecular formula is C55H136N8O4S3. The normalized spacial score (nSPS) is 19.0. The van der Waals surface area contributed by atoms with Crippen molar-refractivity contribution < 1.29 is 17.9 Å². The van der Waals surface area contributed by atoms with Crippen molar-refractivity contribution in [3.63, 3.8) is 0 Å². The third-order valence-electron chi connectivity index (χ3n) is 8.61. The zero-order valence-electron chi connectivity index (χ0n) is 51.0. The summed E-state index contributed by atoms with van der Waals surface area (Å²) in [6, 6.07) is 0. The summed E-state index contributed by atoms with van der Waals surface area (Å²) in [5.74, 6) is 6.07. The van der Waals surface area contributed by atoms with Crippen molar-refractivity contribution in [3.05, 3.63) is 0 Å². The number of piperidine rings is 1. The van der Waals surface area contributed by atoms with Crippen LogP contribution in [0.15, 0.2) is 0 Å². The summed E-state index contributed by atoms with van der Waals surface area (Å²) in [4.78, 5) is 0. The lowest BCUT2D eigenvalue weighted by Crippen LogP contribution is -2.39. The Labute approximate surface area is 452 Å². The molecule has 8 N–H and O–H groups in total. The Hall–Kier alpha value is 0.250. The molecule has 9 aliphatic heterocycles. The maximum Gasteiger partial charge on any atom is 0.152 e. The second-order valence-corrected chi connectivity index (χ2v) is 18.2. The minimum absolute atomic E-state index is 0.312. The van der Waals surface area contributed by atoms with Gasteiger partial charge in [-0.15, -0.1) is 0 Å². The highest BCUT2D eigenvalue weighted by Gasteiger charge is 2.13. The van der Waals surface area contributed by atoms with Gasteiger partial charge in [0.15, 0.2) is 9.84 Å². The standard InChI is InChI=1S/C5H11N.C5H10O.C4H10N2.C4H9NO2S.C4H9NO.C4H9NS.C4H9N.C4H8S.C3H7N.9C2H6/c2*1-2-4-6-5-3-1;1-2-6-4-3-5-1;6-8(7)3-1-5-2-4-8;2*1-3-6-4-2-5-1;2*1-2-4-5-3-1;1-2-4-3-1;9*1-2/h6H,1-5H2;1-5H2;5-6H,1-4H2;5H,1-4H2;2*5H,1-4H2;5H,1-4H2;1-4H2;4H,1-3H2;9*1-2H3. The number of hydrogen-bond acceptors (Lipinski definition) is 14. The van der Waals surface area contributed by atoms with E-state index in [9.17, 15) is 8.42 Å². The first-order chi connectivity index (χ1) is 34.7. The molecule has 0 aromatic carbocycles. The molecule has 9 aliphatic rings. The van der Waals surface area contributed by atoms with E-state index in [0.29, 0.717) is 24.6 Å². The number of morpholine rings is 1. The van der Waals surface area contributed by atoms with Gasteiger partial charge in [-0.2, -0.15) is 23.5 Å². The Balaban J connectivity index is -0.0000000823. The van der Waals surface area contributed by atoms with E-state index < -0.39 is 9.84 Å². The quantitative estimate of drug-likeness (QED) is 0.116. The minimum atomic E-state index is -2.65. The molecule has 9 fully saturated rings. The van der Waals surface area contributed by atoms with E-state index in [4.69, 9.17) is 9.47 Å². The minimum Gasteiger partial charge on any atom is -0.381 e. The van der Waals surface area contributed by atoms with Gasteiger partial charge in [0, 0.05) is 90.2 Å². The highest BCUT2D eigenvalue weighted by atomic mass is 32.2. The van der Waals surface area contributed by atoms with Crippen LogP contribution in [-0.2, 0) is 19.3 Å². The lowest BCUT2D eigenvalue weighted by atomic mass is 10.2. The average Bonchev–Trinajstić information content (AvgIpc) is 4.29. The summed E-state index contributed by atoms with van der Waals surface area (Å²) in [5.41, 5.74) is 0. The first-order valence-electron chi connectivity index (χ1n) is 29.9. The molecule has 0 unspecified atom stereocenters. The summed E-state index contributed by atoms with van der Waals surface area (Å²) in [6.07, 6.45) is 15.2. The molecule has 0 bridgehead atoms. The predicted molar refractivity (Wildman–Crippen MR) is 331 cm³/mol. The van der Waals surface area contributed by atoms with Crippen molar-refractivity contribution in [3.8, 4) is 0 Å². The number of nitrogens with one attached hydrogen (secondary N) is 8. The van der Waals surface area contributed by atoms with E-state index >= 15 is 0 Å². The van der Waals surface area contributed by atoms with Gasteiger partial charge < -0.3 is 52.0 Å². The average molecular weight is 1070 g/mol. The van der Waals surface area contributed by atoms with Crippen LogP contribution < -0.4 is 42.5 Å². The number of piperazine rings is 1. The second kappa shape index (κ2) is 106. The van der Waals surface area contributed by atoms with Gasteiger partial charge in [0.1, 0.15) is 0 Å². The van der Waals surface area contributed by atoms with Crippen LogP contribution in [0.25, 0.3) is 0 Å². The van der Waals surface area contributed by atoms with E-state index in [1.165, 1.54) is 146 Å². The van der Waals surface area contributed by atoms with E-state index in [1.54, 1.807) is 0 Å². The number of thioether (sulfide) groups is 2. The lowest BCUT2D eigenvalue weighted by molar-refractivity contribution is 0.0968. The maximum absolute atomic E-state index is 10.6. The van der Waals surface area contributed by atoms with Gasteiger partial charge in [0.25, 0.3) is 0 Å². The highest BCUT2D eigenvalue weighted by molar-refractivity contribution is 7.99. The van der Waals surface area contributed by atoms with Crippen molar-refractivity contribution in [2.75, 3.05) is 166 Å². The molecule has 0 aromatic rings. The molecule has 0 atom stereocenters. The van der Waals surface area contributed by atoms with Crippen LogP contribution in [-0.4, -0.2) is 174 Å². The van der Waals surface area contributed by atoms with Gasteiger partial charge in [0.2, 0.25) is 0 Å². The van der Waals surface area contributed by atoms with Crippen LogP contribution in [0, 0.1) is 0 Å². The summed E-state index contributed by atoms with van der Waals surface area (Å²) in [6.45, 7) is 57.6. The van der Waals surface area contributed by atoms with Crippen LogP contribution in [0.1, 0.15) is 195 Å². The summed E-state index contributed by atoms with van der Waals surface area (Å²) >= 11 is 4.11. The van der Waals surface area contributed by atoms with Crippen LogP contribution in [0.3, 0.4) is 0 Å². The van der Waals surface area contributed by atoms with Gasteiger partial charge in [-0.05, 0) is 115 Å². The third-order valence-corrected chi connectivity index (χ3v) is 12.4. The topological polar surface area (TPSA) is 149 Å². The van der Waals surface area contributed by atoms with E-state index in [0.717, 1.165) is 65.7 Å². The van der Waals surface area contributed by atoms with Gasteiger partial charge in [-0.1, -0.05) is 131 Å². The second-order valence-electron chi connectivity index (χ2n) is 13.5. The van der Waals surface area contributed by atoms with Crippen LogP contribution in [0.4, 0.5) is 0 Å². The largest absolute Gasteiger partial charge is 0.381 e. The zero-order valence-corrected chi connectivity index (χ0v) is 53.5. The fraction of sp³-hybridized carbons (Fsp3) is 1.00. The van der Waals surface area contributed by atoms with Crippen molar-refractivity contribution >= 4 is 33.4 Å². The van der Waals surface area contributed by atoms with E-state index in [1.807, 2.05) is 136 Å². The van der Waals surface area contributed by atoms with Gasteiger partial charge in [-0.25, -0.2) is 8.42 Å². The Kier molecular flexibility index (Phi) is 136. The fourth-order valence-electron chi connectivity index (χ4n) is 5.12. The molecule has 0 aliphatic carbocycles. The summed E-state index contributed by atoms with van der Waals surface area (Å²) < 4.78 is 31.3. The first kappa shape index (κ1) is 89.8. The number of hydrogen-bond donors (Lipinski definition) is 8. The molecule has 0 aromatic heterocycles. The zero-order chi connectivity index (χ0) is 55.1. The van der Waals surface area contributed by atoms with Crippen molar-refractivity contribution in [2.45, 2.75) is 195 Å². The predicted octanol–water partition coefficient (Wildman–Crippen LogP) is 11.2. The van der Waals surface area contributed by atoms with Gasteiger partial charge in [-0.3, -0.25) is 0 Å². The SMILES string of the molecule is C1CCNC1.C1CCNCC1.C1CCOCC1.C1CCSC1.C1CNC1.C1CNCCN1.C1COCCN1.C1CSCCN1.CC.CC.CC.CC.CC.CC.CC.CC.CC.O=S1(=O)CCNCC1. The Bertz CT molecular complexity index is 616. The molecule has 9 rings (SSSR count).